The number of ether oxygens (including phenoxy) is 1. The van der Waals surface area contributed by atoms with E-state index in [0.717, 1.165) is 11.1 Å². The molecule has 28 heavy (non-hydrogen) atoms. The lowest BCUT2D eigenvalue weighted by atomic mass is 10.1. The fraction of sp³-hybridized carbons (Fsp3) is 0.143. The Morgan fingerprint density at radius 2 is 1.96 bits per heavy atom. The maximum absolute atomic E-state index is 13.0. The molecule has 0 unspecified atom stereocenters. The van der Waals surface area contributed by atoms with Gasteiger partial charge in [-0.2, -0.15) is 10.2 Å². The van der Waals surface area contributed by atoms with Crippen molar-refractivity contribution in [3.8, 4) is 17.7 Å². The van der Waals surface area contributed by atoms with E-state index in [9.17, 15) is 14.9 Å². The number of amides is 1. The molecule has 0 spiro atoms. The molecule has 0 saturated carbocycles. The second kappa shape index (κ2) is 7.76. The number of hydrogen-bond donors (Lipinski definition) is 1. The van der Waals surface area contributed by atoms with Crippen molar-refractivity contribution < 1.29 is 9.53 Å². The van der Waals surface area contributed by atoms with Gasteiger partial charge in [0.05, 0.1) is 0 Å². The second-order valence-corrected chi connectivity index (χ2v) is 6.24. The first-order chi connectivity index (χ1) is 13.4. The van der Waals surface area contributed by atoms with Crippen molar-refractivity contribution in [1.29, 1.82) is 5.26 Å². The first-order valence-electron chi connectivity index (χ1n) is 8.54. The fourth-order valence-corrected chi connectivity index (χ4v) is 2.81. The monoisotopic (exact) mass is 374 g/mol. The lowest BCUT2D eigenvalue weighted by Gasteiger charge is -2.11. The minimum absolute atomic E-state index is 0.0167. The van der Waals surface area contributed by atoms with E-state index in [1.54, 1.807) is 30.5 Å². The summed E-state index contributed by atoms with van der Waals surface area (Å²) in [6.07, 6.45) is 2.76. The summed E-state index contributed by atoms with van der Waals surface area (Å²) in [5.74, 6) is -0.0620. The van der Waals surface area contributed by atoms with Crippen LogP contribution in [0.4, 0.5) is 0 Å². The number of benzene rings is 1. The van der Waals surface area contributed by atoms with E-state index < -0.39 is 11.5 Å². The van der Waals surface area contributed by atoms with E-state index in [1.807, 2.05) is 32.0 Å². The summed E-state index contributed by atoms with van der Waals surface area (Å²) >= 11 is 0. The Balaban J connectivity index is 2.25. The highest BCUT2D eigenvalue weighted by Crippen LogP contribution is 2.25. The van der Waals surface area contributed by atoms with Gasteiger partial charge in [-0.15, -0.1) is 0 Å². The predicted octanol–water partition coefficient (Wildman–Crippen LogP) is 2.76. The highest BCUT2D eigenvalue weighted by atomic mass is 16.5. The van der Waals surface area contributed by atoms with Crippen LogP contribution in [0, 0.1) is 25.2 Å². The third-order valence-electron chi connectivity index (χ3n) is 4.02. The molecule has 2 aromatic heterocycles. The average molecular weight is 374 g/mol. The quantitative estimate of drug-likeness (QED) is 0.559. The van der Waals surface area contributed by atoms with Crippen LogP contribution in [0.1, 0.15) is 16.7 Å². The molecule has 0 fully saturated rings. The molecule has 0 bridgehead atoms. The number of aromatic nitrogens is 2. The minimum Gasteiger partial charge on any atom is -0.438 e. The molecule has 1 N–H and O–H groups in total. The molecule has 0 radical (unpaired) electrons. The van der Waals surface area contributed by atoms with E-state index in [-0.39, 0.29) is 17.0 Å². The van der Waals surface area contributed by atoms with Crippen molar-refractivity contribution in [2.75, 3.05) is 7.05 Å². The van der Waals surface area contributed by atoms with Gasteiger partial charge in [0.2, 0.25) is 5.88 Å². The number of rotatable bonds is 4. The molecule has 7 heteroatoms. The SMILES string of the molecule is CNC(=O)C(C#N)=Cc1c(Oc2cc(C)cc(C)c2)nc2ccccn2c1=O. The third-order valence-corrected chi connectivity index (χ3v) is 4.02. The second-order valence-electron chi connectivity index (χ2n) is 6.24. The number of nitrogens with one attached hydrogen (secondary N) is 1. The molecule has 0 aliphatic carbocycles. The van der Waals surface area contributed by atoms with Gasteiger partial charge >= 0.3 is 0 Å². The van der Waals surface area contributed by atoms with Crippen LogP contribution in [0.25, 0.3) is 11.7 Å². The van der Waals surface area contributed by atoms with E-state index >= 15 is 0 Å². The Kier molecular flexibility index (Phi) is 5.23. The van der Waals surface area contributed by atoms with Gasteiger partial charge in [0.15, 0.2) is 0 Å². The summed E-state index contributed by atoms with van der Waals surface area (Å²) in [6, 6.07) is 12.6. The summed E-state index contributed by atoms with van der Waals surface area (Å²) in [7, 11) is 1.41. The molecule has 2 heterocycles. The van der Waals surface area contributed by atoms with Crippen molar-refractivity contribution in [3.05, 3.63) is 75.2 Å². The lowest BCUT2D eigenvalue weighted by Crippen LogP contribution is -2.22. The molecule has 1 aromatic carbocycles. The van der Waals surface area contributed by atoms with Crippen LogP contribution in [0.15, 0.2) is 53.0 Å². The molecule has 0 aliphatic rings. The van der Waals surface area contributed by atoms with Crippen LogP contribution in [0.3, 0.4) is 0 Å². The molecule has 3 aromatic rings. The summed E-state index contributed by atoms with van der Waals surface area (Å²) < 4.78 is 7.24. The van der Waals surface area contributed by atoms with Gasteiger partial charge < -0.3 is 10.1 Å². The Hall–Kier alpha value is -3.92. The maximum Gasteiger partial charge on any atom is 0.269 e. The van der Waals surface area contributed by atoms with Crippen molar-refractivity contribution >= 4 is 17.6 Å². The van der Waals surface area contributed by atoms with Gasteiger partial charge in [0, 0.05) is 13.2 Å². The summed E-state index contributed by atoms with van der Waals surface area (Å²) in [6.45, 7) is 3.87. The van der Waals surface area contributed by atoms with Crippen LogP contribution in [-0.4, -0.2) is 22.3 Å². The standard InChI is InChI=1S/C21H18N4O3/c1-13-8-14(2)10-16(9-13)28-20-17(11-15(12-22)19(26)23-3)21(27)25-7-5-4-6-18(25)24-20/h4-11H,1-3H3,(H,23,26). The number of aryl methyl sites for hydroxylation is 2. The lowest BCUT2D eigenvalue weighted by molar-refractivity contribution is -0.116. The summed E-state index contributed by atoms with van der Waals surface area (Å²) in [5, 5.41) is 11.7. The van der Waals surface area contributed by atoms with Gasteiger partial charge in [-0.1, -0.05) is 12.1 Å². The number of pyridine rings is 1. The summed E-state index contributed by atoms with van der Waals surface area (Å²) in [4.78, 5) is 29.3. The molecule has 0 aliphatic heterocycles. The maximum atomic E-state index is 13.0. The molecule has 0 saturated heterocycles. The van der Waals surface area contributed by atoms with Gasteiger partial charge in [-0.25, -0.2) is 0 Å². The fourth-order valence-electron chi connectivity index (χ4n) is 2.81. The van der Waals surface area contributed by atoms with Crippen molar-refractivity contribution in [2.24, 2.45) is 0 Å². The van der Waals surface area contributed by atoms with Crippen LogP contribution in [0.5, 0.6) is 11.6 Å². The number of carbonyl (C=O) groups excluding carboxylic acids is 1. The average Bonchev–Trinajstić information content (AvgIpc) is 2.66. The topological polar surface area (TPSA) is 96.5 Å². The number of likely N-dealkylation sites (N-methyl/N-ethyl adjacent to an activating group) is 1. The van der Waals surface area contributed by atoms with Gasteiger partial charge in [0.1, 0.15) is 28.6 Å². The van der Waals surface area contributed by atoms with Crippen molar-refractivity contribution in [3.63, 3.8) is 0 Å². The van der Waals surface area contributed by atoms with E-state index in [1.165, 1.54) is 17.5 Å². The van der Waals surface area contributed by atoms with Crippen LogP contribution in [0.2, 0.25) is 0 Å². The van der Waals surface area contributed by atoms with E-state index in [0.29, 0.717) is 11.4 Å². The minimum atomic E-state index is -0.600. The molecular weight excluding hydrogens is 356 g/mol. The third kappa shape index (κ3) is 3.76. The number of hydrogen-bond acceptors (Lipinski definition) is 5. The number of carbonyl (C=O) groups is 1. The Morgan fingerprint density at radius 1 is 1.25 bits per heavy atom. The first-order valence-corrected chi connectivity index (χ1v) is 8.54. The molecule has 0 atom stereocenters. The smallest absolute Gasteiger partial charge is 0.269 e. The van der Waals surface area contributed by atoms with Crippen LogP contribution in [-0.2, 0) is 4.79 Å². The normalized spacial score (nSPS) is 11.1. The van der Waals surface area contributed by atoms with E-state index in [4.69, 9.17) is 4.74 Å². The number of nitriles is 1. The molecule has 140 valence electrons. The Bertz CT molecular complexity index is 1180. The molecule has 1 amide bonds. The highest BCUT2D eigenvalue weighted by molar-refractivity contribution is 6.01. The van der Waals surface area contributed by atoms with Crippen LogP contribution >= 0.6 is 0 Å². The number of nitrogens with zero attached hydrogens (tertiary/aromatic N) is 3. The Labute approximate surface area is 161 Å². The van der Waals surface area contributed by atoms with Gasteiger partial charge in [-0.3, -0.25) is 14.0 Å². The van der Waals surface area contributed by atoms with Crippen LogP contribution < -0.4 is 15.6 Å². The van der Waals surface area contributed by atoms with E-state index in [2.05, 4.69) is 10.3 Å². The molecular formula is C21H18N4O3. The Morgan fingerprint density at radius 3 is 2.61 bits per heavy atom. The first kappa shape index (κ1) is 18.9. The zero-order valence-corrected chi connectivity index (χ0v) is 15.7. The molecule has 3 rings (SSSR count). The van der Waals surface area contributed by atoms with Gasteiger partial charge in [-0.05, 0) is 55.3 Å². The van der Waals surface area contributed by atoms with Crippen molar-refractivity contribution in [2.45, 2.75) is 13.8 Å². The van der Waals surface area contributed by atoms with Gasteiger partial charge in [0.25, 0.3) is 11.5 Å². The zero-order valence-electron chi connectivity index (χ0n) is 15.7. The largest absolute Gasteiger partial charge is 0.438 e. The molecule has 7 nitrogen and oxygen atoms in total. The number of fused-ring (bicyclic) bond motifs is 1. The zero-order chi connectivity index (χ0) is 20.3. The predicted molar refractivity (Wildman–Crippen MR) is 105 cm³/mol. The highest BCUT2D eigenvalue weighted by Gasteiger charge is 2.17. The van der Waals surface area contributed by atoms with Crippen molar-refractivity contribution in [1.82, 2.24) is 14.7 Å². The summed E-state index contributed by atoms with van der Waals surface area (Å²) in [5.41, 5.74) is 1.73.